The van der Waals surface area contributed by atoms with Crippen molar-refractivity contribution in [2.75, 3.05) is 18.4 Å². The van der Waals surface area contributed by atoms with E-state index >= 15 is 0 Å². The Morgan fingerprint density at radius 3 is 2.61 bits per heavy atom. The second kappa shape index (κ2) is 7.55. The van der Waals surface area contributed by atoms with Crippen molar-refractivity contribution in [1.82, 2.24) is 10.6 Å². The van der Waals surface area contributed by atoms with Crippen molar-refractivity contribution < 1.29 is 9.59 Å². The molecule has 3 amide bonds. The number of nitrogens with one attached hydrogen (secondary N) is 3. The standard InChI is InChI=1S/C12H16ClN3O2/c1-2-7-14-11(17)8-15-12(18)16-10-6-4-3-5-9(10)13/h3-6H,2,7-8H2,1H3,(H,14,17)(H2,15,16,18). The first kappa shape index (κ1) is 14.3. The molecule has 0 radical (unpaired) electrons. The minimum absolute atomic E-state index is 0.0592. The van der Waals surface area contributed by atoms with Gasteiger partial charge in [-0.2, -0.15) is 0 Å². The Labute approximate surface area is 111 Å². The van der Waals surface area contributed by atoms with Crippen molar-refractivity contribution in [1.29, 1.82) is 0 Å². The highest BCUT2D eigenvalue weighted by atomic mass is 35.5. The van der Waals surface area contributed by atoms with Crippen molar-refractivity contribution in [2.24, 2.45) is 0 Å². The van der Waals surface area contributed by atoms with Gasteiger partial charge >= 0.3 is 6.03 Å². The highest BCUT2D eigenvalue weighted by Gasteiger charge is 2.06. The van der Waals surface area contributed by atoms with Crippen LogP contribution in [0, 0.1) is 0 Å². The van der Waals surface area contributed by atoms with E-state index in [1.807, 2.05) is 6.92 Å². The van der Waals surface area contributed by atoms with E-state index in [1.165, 1.54) is 0 Å². The summed E-state index contributed by atoms with van der Waals surface area (Å²) in [6.07, 6.45) is 0.859. The SMILES string of the molecule is CCCNC(=O)CNC(=O)Nc1ccccc1Cl. The summed E-state index contributed by atoms with van der Waals surface area (Å²) in [5, 5.41) is 8.11. The van der Waals surface area contributed by atoms with Crippen molar-refractivity contribution in [3.05, 3.63) is 29.3 Å². The fraction of sp³-hybridized carbons (Fsp3) is 0.333. The Hall–Kier alpha value is -1.75. The zero-order valence-electron chi connectivity index (χ0n) is 10.1. The fourth-order valence-corrected chi connectivity index (χ4v) is 1.40. The minimum atomic E-state index is -0.463. The average Bonchev–Trinajstić information content (AvgIpc) is 2.36. The molecule has 1 aromatic carbocycles. The minimum Gasteiger partial charge on any atom is -0.355 e. The number of urea groups is 1. The first-order valence-electron chi connectivity index (χ1n) is 5.69. The van der Waals surface area contributed by atoms with Crippen LogP contribution in [0.5, 0.6) is 0 Å². The van der Waals surface area contributed by atoms with Gasteiger partial charge in [0.1, 0.15) is 0 Å². The zero-order chi connectivity index (χ0) is 13.4. The Morgan fingerprint density at radius 1 is 1.22 bits per heavy atom. The number of rotatable bonds is 5. The third kappa shape index (κ3) is 5.05. The van der Waals surface area contributed by atoms with Crippen LogP contribution in [0.15, 0.2) is 24.3 Å². The van der Waals surface area contributed by atoms with E-state index in [-0.39, 0.29) is 12.5 Å². The lowest BCUT2D eigenvalue weighted by Crippen LogP contribution is -2.39. The number of amides is 3. The van der Waals surface area contributed by atoms with E-state index in [1.54, 1.807) is 24.3 Å². The molecular formula is C12H16ClN3O2. The molecule has 0 spiro atoms. The predicted molar refractivity (Wildman–Crippen MR) is 71.8 cm³/mol. The molecule has 18 heavy (non-hydrogen) atoms. The molecule has 5 nitrogen and oxygen atoms in total. The predicted octanol–water partition coefficient (Wildman–Crippen LogP) is 1.99. The molecular weight excluding hydrogens is 254 g/mol. The van der Waals surface area contributed by atoms with Crippen LogP contribution in [-0.2, 0) is 4.79 Å². The Kier molecular flexibility index (Phi) is 6.00. The van der Waals surface area contributed by atoms with Crippen molar-refractivity contribution in [3.63, 3.8) is 0 Å². The number of anilines is 1. The molecule has 0 atom stereocenters. The summed E-state index contributed by atoms with van der Waals surface area (Å²) in [7, 11) is 0. The van der Waals surface area contributed by atoms with Gasteiger partial charge in [0, 0.05) is 6.54 Å². The van der Waals surface area contributed by atoms with Gasteiger partial charge in [0.25, 0.3) is 0 Å². The molecule has 0 unspecified atom stereocenters. The zero-order valence-corrected chi connectivity index (χ0v) is 10.9. The maximum absolute atomic E-state index is 11.5. The van der Waals surface area contributed by atoms with Gasteiger partial charge in [-0.1, -0.05) is 30.7 Å². The largest absolute Gasteiger partial charge is 0.355 e. The molecule has 1 aromatic rings. The molecule has 0 aliphatic heterocycles. The van der Waals surface area contributed by atoms with Crippen LogP contribution in [-0.4, -0.2) is 25.0 Å². The van der Waals surface area contributed by atoms with Crippen LogP contribution in [0.25, 0.3) is 0 Å². The number of hydrogen-bond donors (Lipinski definition) is 3. The number of halogens is 1. The summed E-state index contributed by atoms with van der Waals surface area (Å²) in [6.45, 7) is 2.50. The molecule has 3 N–H and O–H groups in total. The Balaban J connectivity index is 2.34. The maximum Gasteiger partial charge on any atom is 0.319 e. The first-order chi connectivity index (χ1) is 8.63. The van der Waals surface area contributed by atoms with E-state index in [9.17, 15) is 9.59 Å². The summed E-state index contributed by atoms with van der Waals surface area (Å²) >= 11 is 5.88. The maximum atomic E-state index is 11.5. The van der Waals surface area contributed by atoms with Gasteiger partial charge in [0.15, 0.2) is 0 Å². The normalized spacial score (nSPS) is 9.67. The van der Waals surface area contributed by atoms with E-state index in [0.717, 1.165) is 6.42 Å². The van der Waals surface area contributed by atoms with Gasteiger partial charge < -0.3 is 16.0 Å². The van der Waals surface area contributed by atoms with Gasteiger partial charge in [0.2, 0.25) is 5.91 Å². The molecule has 0 heterocycles. The van der Waals surface area contributed by atoms with Crippen LogP contribution in [0.2, 0.25) is 5.02 Å². The molecule has 0 aliphatic carbocycles. The summed E-state index contributed by atoms with van der Waals surface area (Å²) in [5.74, 6) is -0.217. The molecule has 0 bridgehead atoms. The van der Waals surface area contributed by atoms with Crippen molar-refractivity contribution in [3.8, 4) is 0 Å². The number of benzene rings is 1. The molecule has 6 heteroatoms. The highest BCUT2D eigenvalue weighted by molar-refractivity contribution is 6.33. The number of carbonyl (C=O) groups excluding carboxylic acids is 2. The summed E-state index contributed by atoms with van der Waals surface area (Å²) in [4.78, 5) is 22.7. The molecule has 0 saturated carbocycles. The van der Waals surface area contributed by atoms with Crippen LogP contribution in [0.1, 0.15) is 13.3 Å². The van der Waals surface area contributed by atoms with Crippen LogP contribution in [0.3, 0.4) is 0 Å². The van der Waals surface area contributed by atoms with E-state index < -0.39 is 6.03 Å². The Bertz CT molecular complexity index is 424. The monoisotopic (exact) mass is 269 g/mol. The lowest BCUT2D eigenvalue weighted by atomic mass is 10.3. The quantitative estimate of drug-likeness (QED) is 0.765. The van der Waals surface area contributed by atoms with Gasteiger partial charge in [0.05, 0.1) is 17.3 Å². The lowest BCUT2D eigenvalue weighted by molar-refractivity contribution is -0.120. The van der Waals surface area contributed by atoms with Crippen LogP contribution in [0.4, 0.5) is 10.5 Å². The highest BCUT2D eigenvalue weighted by Crippen LogP contribution is 2.19. The van der Waals surface area contributed by atoms with Crippen LogP contribution >= 0.6 is 11.6 Å². The summed E-state index contributed by atoms with van der Waals surface area (Å²) in [6, 6.07) is 6.42. The molecule has 0 saturated heterocycles. The van der Waals surface area contributed by atoms with Crippen molar-refractivity contribution >= 4 is 29.2 Å². The van der Waals surface area contributed by atoms with E-state index in [2.05, 4.69) is 16.0 Å². The number of carbonyl (C=O) groups is 2. The van der Waals surface area contributed by atoms with Crippen LogP contribution < -0.4 is 16.0 Å². The molecule has 98 valence electrons. The molecule has 0 fully saturated rings. The van der Waals surface area contributed by atoms with Gasteiger partial charge in [-0.25, -0.2) is 4.79 Å². The fourth-order valence-electron chi connectivity index (χ4n) is 1.22. The second-order valence-electron chi connectivity index (χ2n) is 3.64. The van der Waals surface area contributed by atoms with Gasteiger partial charge in [-0.3, -0.25) is 4.79 Å². The number of para-hydroxylation sites is 1. The third-order valence-corrected chi connectivity index (χ3v) is 2.43. The van der Waals surface area contributed by atoms with Gasteiger partial charge in [-0.15, -0.1) is 0 Å². The smallest absolute Gasteiger partial charge is 0.319 e. The molecule has 0 aliphatic rings. The summed E-state index contributed by atoms with van der Waals surface area (Å²) in [5.41, 5.74) is 0.505. The van der Waals surface area contributed by atoms with Crippen molar-refractivity contribution in [2.45, 2.75) is 13.3 Å². The topological polar surface area (TPSA) is 70.2 Å². The average molecular weight is 270 g/mol. The number of hydrogen-bond acceptors (Lipinski definition) is 2. The van der Waals surface area contributed by atoms with E-state index in [4.69, 9.17) is 11.6 Å². The Morgan fingerprint density at radius 2 is 1.94 bits per heavy atom. The molecule has 0 aromatic heterocycles. The molecule has 1 rings (SSSR count). The summed E-state index contributed by atoms with van der Waals surface area (Å²) < 4.78 is 0. The van der Waals surface area contributed by atoms with E-state index in [0.29, 0.717) is 17.3 Å². The first-order valence-corrected chi connectivity index (χ1v) is 6.07. The lowest BCUT2D eigenvalue weighted by Gasteiger charge is -2.08. The third-order valence-electron chi connectivity index (χ3n) is 2.10. The van der Waals surface area contributed by atoms with Gasteiger partial charge in [-0.05, 0) is 18.6 Å². The second-order valence-corrected chi connectivity index (χ2v) is 4.04.